The topological polar surface area (TPSA) is 95.5 Å². The number of imidazole rings is 1. The van der Waals surface area contributed by atoms with E-state index in [0.717, 1.165) is 4.90 Å². The Bertz CT molecular complexity index is 436. The zero-order chi connectivity index (χ0) is 14.6. The zero-order valence-corrected chi connectivity index (χ0v) is 11.5. The summed E-state index contributed by atoms with van der Waals surface area (Å²) in [5, 5.41) is 9.21. The van der Waals surface area contributed by atoms with Crippen molar-refractivity contribution in [3.8, 4) is 0 Å². The molecule has 0 aromatic carbocycles. The first kappa shape index (κ1) is 15.0. The molecule has 0 aliphatic carbocycles. The summed E-state index contributed by atoms with van der Waals surface area (Å²) < 4.78 is 5.15. The van der Waals surface area contributed by atoms with Crippen LogP contribution in [0.15, 0.2) is 12.5 Å². The number of H-pyrrole nitrogens is 1. The van der Waals surface area contributed by atoms with Gasteiger partial charge in [0.25, 0.3) is 0 Å². The number of likely N-dealkylation sites (N-methyl/N-ethyl adjacent to an activating group) is 1. The van der Waals surface area contributed by atoms with Crippen LogP contribution in [0.3, 0.4) is 0 Å². The molecular weight excluding hydrogens is 250 g/mol. The van der Waals surface area contributed by atoms with E-state index in [9.17, 15) is 14.7 Å². The van der Waals surface area contributed by atoms with Crippen LogP contribution in [0.5, 0.6) is 0 Å². The fourth-order valence-electron chi connectivity index (χ4n) is 1.46. The molecule has 0 aliphatic rings. The van der Waals surface area contributed by atoms with Gasteiger partial charge in [0.05, 0.1) is 6.33 Å². The second kappa shape index (κ2) is 5.73. The normalized spacial score (nSPS) is 12.8. The number of hydrogen-bond acceptors (Lipinski definition) is 4. The van der Waals surface area contributed by atoms with Gasteiger partial charge in [-0.15, -0.1) is 0 Å². The Hall–Kier alpha value is -2.05. The highest BCUT2D eigenvalue weighted by molar-refractivity contribution is 5.80. The minimum atomic E-state index is -1.09. The van der Waals surface area contributed by atoms with Crippen molar-refractivity contribution in [1.29, 1.82) is 0 Å². The smallest absolute Gasteiger partial charge is 0.410 e. The van der Waals surface area contributed by atoms with Gasteiger partial charge in [0.15, 0.2) is 0 Å². The van der Waals surface area contributed by atoms with Crippen LogP contribution in [0, 0.1) is 0 Å². The highest BCUT2D eigenvalue weighted by Crippen LogP contribution is 2.13. The van der Waals surface area contributed by atoms with Gasteiger partial charge in [-0.3, -0.25) is 4.90 Å². The summed E-state index contributed by atoms with van der Waals surface area (Å²) >= 11 is 0. The Kier molecular flexibility index (Phi) is 4.52. The fraction of sp³-hybridized carbons (Fsp3) is 0.583. The van der Waals surface area contributed by atoms with Crippen molar-refractivity contribution in [2.24, 2.45) is 0 Å². The van der Waals surface area contributed by atoms with Crippen LogP contribution in [-0.4, -0.2) is 50.7 Å². The molecule has 0 bridgehead atoms. The van der Waals surface area contributed by atoms with Gasteiger partial charge < -0.3 is 14.8 Å². The number of aromatic amines is 1. The van der Waals surface area contributed by atoms with E-state index < -0.39 is 23.7 Å². The number of carbonyl (C=O) groups is 2. The highest BCUT2D eigenvalue weighted by atomic mass is 16.6. The molecule has 0 saturated heterocycles. The molecule has 0 saturated carbocycles. The van der Waals surface area contributed by atoms with Crippen LogP contribution in [0.2, 0.25) is 0 Å². The molecule has 1 aromatic rings. The van der Waals surface area contributed by atoms with Gasteiger partial charge in [0, 0.05) is 25.4 Å². The predicted molar refractivity (Wildman–Crippen MR) is 67.7 cm³/mol. The minimum Gasteiger partial charge on any atom is -0.480 e. The molecule has 1 atom stereocenters. The molecule has 0 fully saturated rings. The lowest BCUT2D eigenvalue weighted by Gasteiger charge is -2.28. The third-order valence-electron chi connectivity index (χ3n) is 2.40. The SMILES string of the molecule is CN(C(=O)OC(C)(C)C)[C@@H](Cc1cnc[nH]1)C(=O)O. The van der Waals surface area contributed by atoms with E-state index in [1.165, 1.54) is 19.6 Å². The number of hydrogen-bond donors (Lipinski definition) is 2. The summed E-state index contributed by atoms with van der Waals surface area (Å²) in [6, 6.07) is -1.00. The van der Waals surface area contributed by atoms with E-state index in [2.05, 4.69) is 9.97 Å². The lowest BCUT2D eigenvalue weighted by molar-refractivity contribution is -0.142. The summed E-state index contributed by atoms with van der Waals surface area (Å²) in [4.78, 5) is 30.8. The molecular formula is C12H19N3O4. The van der Waals surface area contributed by atoms with Crippen LogP contribution < -0.4 is 0 Å². The third-order valence-corrected chi connectivity index (χ3v) is 2.40. The lowest BCUT2D eigenvalue weighted by atomic mass is 10.1. The molecule has 1 heterocycles. The summed E-state index contributed by atoms with van der Waals surface area (Å²) in [5.41, 5.74) is -0.0228. The number of carbonyl (C=O) groups excluding carboxylic acids is 1. The monoisotopic (exact) mass is 269 g/mol. The Morgan fingerprint density at radius 2 is 2.16 bits per heavy atom. The predicted octanol–water partition coefficient (Wildman–Crippen LogP) is 1.27. The molecule has 7 nitrogen and oxygen atoms in total. The van der Waals surface area contributed by atoms with Crippen molar-refractivity contribution in [2.75, 3.05) is 7.05 Å². The molecule has 19 heavy (non-hydrogen) atoms. The average molecular weight is 269 g/mol. The van der Waals surface area contributed by atoms with E-state index >= 15 is 0 Å². The molecule has 0 radical (unpaired) electrons. The van der Waals surface area contributed by atoms with Crippen molar-refractivity contribution in [2.45, 2.75) is 38.8 Å². The maximum absolute atomic E-state index is 11.8. The van der Waals surface area contributed by atoms with E-state index in [-0.39, 0.29) is 6.42 Å². The number of carboxylic acid groups (broad SMARTS) is 1. The van der Waals surface area contributed by atoms with Crippen molar-refractivity contribution < 1.29 is 19.4 Å². The Balaban J connectivity index is 2.76. The first-order valence-electron chi connectivity index (χ1n) is 5.86. The van der Waals surface area contributed by atoms with Crippen molar-refractivity contribution in [1.82, 2.24) is 14.9 Å². The second-order valence-corrected chi connectivity index (χ2v) is 5.23. The quantitative estimate of drug-likeness (QED) is 0.858. The number of ether oxygens (including phenoxy) is 1. The van der Waals surface area contributed by atoms with Gasteiger partial charge >= 0.3 is 12.1 Å². The standard InChI is InChI=1S/C12H19N3O4/c1-12(2,3)19-11(18)15(4)9(10(16)17)5-8-6-13-7-14-8/h6-7,9H,5H2,1-4H3,(H,13,14)(H,16,17)/t9-/m0/s1. The zero-order valence-electron chi connectivity index (χ0n) is 11.5. The van der Waals surface area contributed by atoms with Gasteiger partial charge in [-0.1, -0.05) is 0 Å². The Morgan fingerprint density at radius 3 is 2.58 bits per heavy atom. The van der Waals surface area contributed by atoms with Gasteiger partial charge in [-0.25, -0.2) is 14.6 Å². The molecule has 1 rings (SSSR count). The number of rotatable bonds is 4. The Labute approximate surface area is 111 Å². The van der Waals surface area contributed by atoms with Crippen molar-refractivity contribution in [3.63, 3.8) is 0 Å². The number of nitrogens with zero attached hydrogens (tertiary/aromatic N) is 2. The van der Waals surface area contributed by atoms with Crippen LogP contribution >= 0.6 is 0 Å². The molecule has 2 N–H and O–H groups in total. The van der Waals surface area contributed by atoms with Crippen LogP contribution in [-0.2, 0) is 16.0 Å². The van der Waals surface area contributed by atoms with E-state index in [4.69, 9.17) is 4.74 Å². The van der Waals surface area contributed by atoms with Crippen molar-refractivity contribution in [3.05, 3.63) is 18.2 Å². The average Bonchev–Trinajstić information content (AvgIpc) is 2.74. The third kappa shape index (κ3) is 4.61. The molecule has 1 amide bonds. The maximum atomic E-state index is 11.8. The molecule has 106 valence electrons. The van der Waals surface area contributed by atoms with Crippen LogP contribution in [0.4, 0.5) is 4.79 Å². The minimum absolute atomic E-state index is 0.144. The second-order valence-electron chi connectivity index (χ2n) is 5.23. The lowest BCUT2D eigenvalue weighted by Crippen LogP contribution is -2.46. The molecule has 1 aromatic heterocycles. The van der Waals surface area contributed by atoms with E-state index in [1.54, 1.807) is 20.8 Å². The number of amides is 1. The molecule has 7 heteroatoms. The highest BCUT2D eigenvalue weighted by Gasteiger charge is 2.30. The molecule has 0 unspecified atom stereocenters. The van der Waals surface area contributed by atoms with Crippen molar-refractivity contribution >= 4 is 12.1 Å². The number of nitrogens with one attached hydrogen (secondary N) is 1. The summed E-state index contributed by atoms with van der Waals surface area (Å²) in [5.74, 6) is -1.09. The summed E-state index contributed by atoms with van der Waals surface area (Å²) in [7, 11) is 1.41. The van der Waals surface area contributed by atoms with Crippen LogP contribution in [0.1, 0.15) is 26.5 Å². The number of carboxylic acids is 1. The first-order valence-corrected chi connectivity index (χ1v) is 5.86. The largest absolute Gasteiger partial charge is 0.480 e. The van der Waals surface area contributed by atoms with E-state index in [1.807, 2.05) is 0 Å². The fourth-order valence-corrected chi connectivity index (χ4v) is 1.46. The summed E-state index contributed by atoms with van der Waals surface area (Å²) in [6.07, 6.45) is 2.46. The Morgan fingerprint density at radius 1 is 1.53 bits per heavy atom. The van der Waals surface area contributed by atoms with Gasteiger partial charge in [0.1, 0.15) is 11.6 Å². The van der Waals surface area contributed by atoms with Gasteiger partial charge in [-0.2, -0.15) is 0 Å². The molecule has 0 spiro atoms. The van der Waals surface area contributed by atoms with Gasteiger partial charge in [0.2, 0.25) is 0 Å². The van der Waals surface area contributed by atoms with E-state index in [0.29, 0.717) is 5.69 Å². The molecule has 0 aliphatic heterocycles. The summed E-state index contributed by atoms with van der Waals surface area (Å²) in [6.45, 7) is 5.18. The number of aliphatic carboxylic acids is 1. The van der Waals surface area contributed by atoms with Gasteiger partial charge in [-0.05, 0) is 20.8 Å². The van der Waals surface area contributed by atoms with Crippen LogP contribution in [0.25, 0.3) is 0 Å². The first-order chi connectivity index (χ1) is 8.70. The number of aromatic nitrogens is 2. The maximum Gasteiger partial charge on any atom is 0.410 e.